The van der Waals surface area contributed by atoms with Crippen LogP contribution in [-0.4, -0.2) is 11.1 Å². The summed E-state index contributed by atoms with van der Waals surface area (Å²) in [5.74, 6) is 4.84. The van der Waals surface area contributed by atoms with Gasteiger partial charge in [-0.15, -0.1) is 0 Å². The van der Waals surface area contributed by atoms with E-state index < -0.39 is 5.97 Å². The van der Waals surface area contributed by atoms with Gasteiger partial charge < -0.3 is 5.11 Å². The van der Waals surface area contributed by atoms with Crippen molar-refractivity contribution < 1.29 is 9.90 Å². The van der Waals surface area contributed by atoms with Crippen molar-refractivity contribution in [2.75, 3.05) is 0 Å². The first-order valence-corrected chi connectivity index (χ1v) is 5.73. The Balaban J connectivity index is 2.73. The Labute approximate surface area is 102 Å². The number of unbranched alkanes of at least 4 members (excludes halogenated alkanes) is 1. The molecule has 1 N–H and O–H groups in total. The third kappa shape index (κ3) is 5.03. The SMILES string of the molecule is CCCC/C(=C\C#Cc1ccccc1)C(=O)O. The van der Waals surface area contributed by atoms with Gasteiger partial charge in [0.2, 0.25) is 0 Å². The number of aliphatic carboxylic acids is 1. The molecule has 0 saturated heterocycles. The van der Waals surface area contributed by atoms with Gasteiger partial charge in [0.25, 0.3) is 0 Å². The van der Waals surface area contributed by atoms with Crippen molar-refractivity contribution in [3.05, 3.63) is 47.5 Å². The monoisotopic (exact) mass is 228 g/mol. The van der Waals surface area contributed by atoms with E-state index in [9.17, 15) is 4.79 Å². The standard InChI is InChI=1S/C15H16O2/c1-2-3-11-14(15(16)17)12-7-10-13-8-5-4-6-9-13/h4-6,8-9,12H,2-3,11H2,1H3,(H,16,17)/b14-12+. The molecule has 17 heavy (non-hydrogen) atoms. The molecule has 1 rings (SSSR count). The first kappa shape index (κ1) is 13.1. The summed E-state index contributed by atoms with van der Waals surface area (Å²) >= 11 is 0. The number of carboxylic acid groups (broad SMARTS) is 1. The number of carboxylic acids is 1. The lowest BCUT2D eigenvalue weighted by Gasteiger charge is -1.97. The average molecular weight is 228 g/mol. The van der Waals surface area contributed by atoms with Gasteiger partial charge in [0.1, 0.15) is 0 Å². The normalized spacial score (nSPS) is 10.5. The maximum atomic E-state index is 10.9. The fourth-order valence-corrected chi connectivity index (χ4v) is 1.34. The molecule has 0 heterocycles. The molecular weight excluding hydrogens is 212 g/mol. The second kappa shape index (κ2) is 7.29. The van der Waals surface area contributed by atoms with Gasteiger partial charge in [-0.3, -0.25) is 0 Å². The molecule has 0 atom stereocenters. The number of hydrogen-bond acceptors (Lipinski definition) is 1. The molecule has 0 aliphatic rings. The zero-order valence-electron chi connectivity index (χ0n) is 9.94. The smallest absolute Gasteiger partial charge is 0.332 e. The highest BCUT2D eigenvalue weighted by atomic mass is 16.4. The maximum Gasteiger partial charge on any atom is 0.332 e. The van der Waals surface area contributed by atoms with Crippen LogP contribution in [0.15, 0.2) is 42.0 Å². The number of allylic oxidation sites excluding steroid dienone is 1. The van der Waals surface area contributed by atoms with Crippen LogP contribution in [0.5, 0.6) is 0 Å². The van der Waals surface area contributed by atoms with Gasteiger partial charge in [-0.25, -0.2) is 4.79 Å². The highest BCUT2D eigenvalue weighted by Crippen LogP contribution is 2.07. The summed E-state index contributed by atoms with van der Waals surface area (Å²) < 4.78 is 0. The number of carbonyl (C=O) groups is 1. The first-order valence-electron chi connectivity index (χ1n) is 5.73. The van der Waals surface area contributed by atoms with E-state index in [1.54, 1.807) is 0 Å². The van der Waals surface area contributed by atoms with Crippen LogP contribution >= 0.6 is 0 Å². The molecule has 1 aromatic rings. The van der Waals surface area contributed by atoms with E-state index in [-0.39, 0.29) is 0 Å². The van der Waals surface area contributed by atoms with Crippen LogP contribution in [0.25, 0.3) is 0 Å². The minimum atomic E-state index is -0.874. The van der Waals surface area contributed by atoms with Crippen molar-refractivity contribution in [2.45, 2.75) is 26.2 Å². The lowest BCUT2D eigenvalue weighted by atomic mass is 10.1. The molecule has 2 nitrogen and oxygen atoms in total. The van der Waals surface area contributed by atoms with Gasteiger partial charge in [-0.05, 0) is 31.1 Å². The molecule has 0 aromatic heterocycles. The molecule has 0 unspecified atom stereocenters. The van der Waals surface area contributed by atoms with Crippen LogP contribution < -0.4 is 0 Å². The molecule has 88 valence electrons. The van der Waals surface area contributed by atoms with Crippen molar-refractivity contribution in [3.63, 3.8) is 0 Å². The number of hydrogen-bond donors (Lipinski definition) is 1. The van der Waals surface area contributed by atoms with E-state index in [4.69, 9.17) is 5.11 Å². The van der Waals surface area contributed by atoms with Crippen molar-refractivity contribution >= 4 is 5.97 Å². The predicted octanol–water partition coefficient (Wildman–Crippen LogP) is 3.24. The molecule has 0 saturated carbocycles. The largest absolute Gasteiger partial charge is 0.478 e. The Morgan fingerprint density at radius 3 is 2.65 bits per heavy atom. The van der Waals surface area contributed by atoms with Gasteiger partial charge in [0.05, 0.1) is 0 Å². The van der Waals surface area contributed by atoms with Crippen LogP contribution in [0.2, 0.25) is 0 Å². The molecule has 1 aromatic carbocycles. The Morgan fingerprint density at radius 2 is 2.06 bits per heavy atom. The van der Waals surface area contributed by atoms with E-state index in [1.165, 1.54) is 6.08 Å². The molecular formula is C15H16O2. The Kier molecular flexibility index (Phi) is 5.60. The summed E-state index contributed by atoms with van der Waals surface area (Å²) in [6.07, 6.45) is 3.95. The topological polar surface area (TPSA) is 37.3 Å². The van der Waals surface area contributed by atoms with Crippen molar-refractivity contribution in [1.82, 2.24) is 0 Å². The van der Waals surface area contributed by atoms with Crippen molar-refractivity contribution in [1.29, 1.82) is 0 Å². The van der Waals surface area contributed by atoms with E-state index in [0.717, 1.165) is 18.4 Å². The molecule has 2 heteroatoms. The number of benzene rings is 1. The zero-order chi connectivity index (χ0) is 12.5. The van der Waals surface area contributed by atoms with Crippen molar-refractivity contribution in [2.24, 2.45) is 0 Å². The van der Waals surface area contributed by atoms with Gasteiger partial charge in [-0.1, -0.05) is 43.4 Å². The second-order valence-electron chi connectivity index (χ2n) is 3.71. The van der Waals surface area contributed by atoms with Crippen molar-refractivity contribution in [3.8, 4) is 11.8 Å². The molecule has 0 amide bonds. The van der Waals surface area contributed by atoms with Gasteiger partial charge in [-0.2, -0.15) is 0 Å². The van der Waals surface area contributed by atoms with E-state index in [1.807, 2.05) is 37.3 Å². The molecule has 0 bridgehead atoms. The van der Waals surface area contributed by atoms with Crippen LogP contribution in [0.4, 0.5) is 0 Å². The summed E-state index contributed by atoms with van der Waals surface area (Å²) in [4.78, 5) is 10.9. The second-order valence-corrected chi connectivity index (χ2v) is 3.71. The molecule has 0 radical (unpaired) electrons. The quantitative estimate of drug-likeness (QED) is 0.634. The van der Waals surface area contributed by atoms with Gasteiger partial charge in [0.15, 0.2) is 0 Å². The Bertz CT molecular complexity index is 447. The average Bonchev–Trinajstić information content (AvgIpc) is 2.34. The van der Waals surface area contributed by atoms with E-state index in [2.05, 4.69) is 11.8 Å². The fraction of sp³-hybridized carbons (Fsp3) is 0.267. The molecule has 0 spiro atoms. The highest BCUT2D eigenvalue weighted by Gasteiger charge is 2.04. The zero-order valence-corrected chi connectivity index (χ0v) is 9.94. The molecule has 0 fully saturated rings. The van der Waals surface area contributed by atoms with Crippen LogP contribution in [0.1, 0.15) is 31.7 Å². The summed E-state index contributed by atoms with van der Waals surface area (Å²) in [6, 6.07) is 9.53. The predicted molar refractivity (Wildman–Crippen MR) is 68.6 cm³/mol. The summed E-state index contributed by atoms with van der Waals surface area (Å²) in [6.45, 7) is 2.04. The lowest BCUT2D eigenvalue weighted by molar-refractivity contribution is -0.132. The first-order chi connectivity index (χ1) is 8.24. The molecule has 0 aliphatic carbocycles. The van der Waals surface area contributed by atoms with Crippen LogP contribution in [0, 0.1) is 11.8 Å². The highest BCUT2D eigenvalue weighted by molar-refractivity contribution is 5.87. The maximum absolute atomic E-state index is 10.9. The number of rotatable bonds is 4. The Hall–Kier alpha value is -2.01. The van der Waals surface area contributed by atoms with E-state index >= 15 is 0 Å². The lowest BCUT2D eigenvalue weighted by Crippen LogP contribution is -1.99. The van der Waals surface area contributed by atoms with Gasteiger partial charge >= 0.3 is 5.97 Å². The summed E-state index contributed by atoms with van der Waals surface area (Å²) in [7, 11) is 0. The van der Waals surface area contributed by atoms with Crippen LogP contribution in [0.3, 0.4) is 0 Å². The third-order valence-corrected chi connectivity index (χ3v) is 2.31. The minimum absolute atomic E-state index is 0.385. The van der Waals surface area contributed by atoms with Gasteiger partial charge in [0, 0.05) is 11.1 Å². The summed E-state index contributed by atoms with van der Waals surface area (Å²) in [5.41, 5.74) is 1.28. The van der Waals surface area contributed by atoms with Crippen LogP contribution in [-0.2, 0) is 4.79 Å². The minimum Gasteiger partial charge on any atom is -0.478 e. The Morgan fingerprint density at radius 1 is 1.35 bits per heavy atom. The molecule has 0 aliphatic heterocycles. The fourth-order valence-electron chi connectivity index (χ4n) is 1.34. The third-order valence-electron chi connectivity index (χ3n) is 2.31. The summed E-state index contributed by atoms with van der Waals surface area (Å²) in [5, 5.41) is 8.96. The van der Waals surface area contributed by atoms with E-state index in [0.29, 0.717) is 12.0 Å².